The van der Waals surface area contributed by atoms with Crippen molar-refractivity contribution in [1.82, 2.24) is 0 Å². The van der Waals surface area contributed by atoms with Crippen molar-refractivity contribution in [2.45, 2.75) is 6.42 Å². The first-order valence-corrected chi connectivity index (χ1v) is 2.76. The number of methoxy groups -OCH3 is 1. The van der Waals surface area contributed by atoms with Crippen LogP contribution in [0.5, 0.6) is 0 Å². The van der Waals surface area contributed by atoms with Gasteiger partial charge >= 0.3 is 0 Å². The van der Waals surface area contributed by atoms with Crippen LogP contribution in [0.4, 0.5) is 0 Å². The molecule has 8 heavy (non-hydrogen) atoms. The summed E-state index contributed by atoms with van der Waals surface area (Å²) < 4.78 is 4.80. The highest BCUT2D eigenvalue weighted by atomic mass is 16.5. The standard InChI is InChI=1S/C6H13NO/c1-8-6-4-2-3-5-7/h2-3H,4-7H2,1H3/b3-2-. The Kier molecular flexibility index (Phi) is 6.38. The molecule has 0 fully saturated rings. The van der Waals surface area contributed by atoms with Gasteiger partial charge in [0, 0.05) is 20.3 Å². The molecule has 0 aromatic heterocycles. The molecule has 0 aliphatic rings. The van der Waals surface area contributed by atoms with Crippen molar-refractivity contribution in [3.8, 4) is 0 Å². The second-order valence-electron chi connectivity index (χ2n) is 1.49. The fourth-order valence-corrected chi connectivity index (χ4v) is 0.400. The molecule has 0 spiro atoms. The van der Waals surface area contributed by atoms with Gasteiger partial charge in [-0.15, -0.1) is 0 Å². The topological polar surface area (TPSA) is 35.2 Å². The molecule has 0 heterocycles. The first-order valence-electron chi connectivity index (χ1n) is 2.76. The number of rotatable bonds is 4. The lowest BCUT2D eigenvalue weighted by Gasteiger charge is -1.88. The predicted molar refractivity (Wildman–Crippen MR) is 34.7 cm³/mol. The Labute approximate surface area is 50.3 Å². The van der Waals surface area contributed by atoms with Gasteiger partial charge in [0.05, 0.1) is 0 Å². The summed E-state index contributed by atoms with van der Waals surface area (Å²) in [6.45, 7) is 1.42. The van der Waals surface area contributed by atoms with E-state index in [2.05, 4.69) is 0 Å². The van der Waals surface area contributed by atoms with Crippen molar-refractivity contribution in [3.63, 3.8) is 0 Å². The fourth-order valence-electron chi connectivity index (χ4n) is 0.400. The van der Waals surface area contributed by atoms with Gasteiger partial charge in [0.25, 0.3) is 0 Å². The lowest BCUT2D eigenvalue weighted by molar-refractivity contribution is 0.204. The molecule has 0 saturated heterocycles. The summed E-state index contributed by atoms with van der Waals surface area (Å²) in [5, 5.41) is 0. The Morgan fingerprint density at radius 2 is 2.25 bits per heavy atom. The molecule has 0 aliphatic carbocycles. The SMILES string of the molecule is COCC/C=C\CN. The number of hydrogen-bond acceptors (Lipinski definition) is 2. The molecule has 0 radical (unpaired) electrons. The van der Waals surface area contributed by atoms with Gasteiger partial charge in [0.1, 0.15) is 0 Å². The molecule has 0 aromatic rings. The Balaban J connectivity index is 2.80. The van der Waals surface area contributed by atoms with E-state index in [0.717, 1.165) is 13.0 Å². The number of hydrogen-bond donors (Lipinski definition) is 1. The van der Waals surface area contributed by atoms with Gasteiger partial charge < -0.3 is 10.5 Å². The van der Waals surface area contributed by atoms with Crippen LogP contribution in [-0.2, 0) is 4.74 Å². The third kappa shape index (κ3) is 5.66. The van der Waals surface area contributed by atoms with E-state index in [9.17, 15) is 0 Å². The van der Waals surface area contributed by atoms with E-state index in [1.807, 2.05) is 12.2 Å². The van der Waals surface area contributed by atoms with E-state index >= 15 is 0 Å². The zero-order valence-electron chi connectivity index (χ0n) is 5.26. The summed E-state index contributed by atoms with van der Waals surface area (Å²) in [4.78, 5) is 0. The normalized spacial score (nSPS) is 10.8. The van der Waals surface area contributed by atoms with Crippen LogP contribution in [0.15, 0.2) is 12.2 Å². The molecule has 0 amide bonds. The van der Waals surface area contributed by atoms with Crippen molar-refractivity contribution >= 4 is 0 Å². The van der Waals surface area contributed by atoms with Crippen molar-refractivity contribution < 1.29 is 4.74 Å². The van der Waals surface area contributed by atoms with E-state index in [-0.39, 0.29) is 0 Å². The monoisotopic (exact) mass is 115 g/mol. The summed E-state index contributed by atoms with van der Waals surface area (Å²) in [6, 6.07) is 0. The second kappa shape index (κ2) is 6.66. The first-order chi connectivity index (χ1) is 3.91. The minimum absolute atomic E-state index is 0.629. The van der Waals surface area contributed by atoms with E-state index in [4.69, 9.17) is 10.5 Å². The highest BCUT2D eigenvalue weighted by Gasteiger charge is 1.73. The molecule has 2 heteroatoms. The third-order valence-electron chi connectivity index (χ3n) is 0.791. The average Bonchev–Trinajstić information content (AvgIpc) is 1.81. The highest BCUT2D eigenvalue weighted by molar-refractivity contribution is 4.81. The Morgan fingerprint density at radius 3 is 2.75 bits per heavy atom. The molecule has 0 unspecified atom stereocenters. The lowest BCUT2D eigenvalue weighted by Crippen LogP contribution is -1.92. The minimum atomic E-state index is 0.629. The van der Waals surface area contributed by atoms with Gasteiger partial charge in [-0.3, -0.25) is 0 Å². The van der Waals surface area contributed by atoms with Crippen LogP contribution in [0.25, 0.3) is 0 Å². The molecule has 0 aliphatic heterocycles. The summed E-state index contributed by atoms with van der Waals surface area (Å²) in [5.74, 6) is 0. The van der Waals surface area contributed by atoms with Gasteiger partial charge in [-0.25, -0.2) is 0 Å². The summed E-state index contributed by atoms with van der Waals surface area (Å²) in [6.07, 6.45) is 4.91. The van der Waals surface area contributed by atoms with Crippen LogP contribution >= 0.6 is 0 Å². The minimum Gasteiger partial charge on any atom is -0.384 e. The number of nitrogens with two attached hydrogens (primary N) is 1. The molecule has 0 bridgehead atoms. The van der Waals surface area contributed by atoms with Gasteiger partial charge in [0.2, 0.25) is 0 Å². The Hall–Kier alpha value is -0.340. The molecule has 0 aromatic carbocycles. The quantitative estimate of drug-likeness (QED) is 0.428. The van der Waals surface area contributed by atoms with Gasteiger partial charge in [0.15, 0.2) is 0 Å². The van der Waals surface area contributed by atoms with Crippen molar-refractivity contribution in [3.05, 3.63) is 12.2 Å². The molecule has 2 nitrogen and oxygen atoms in total. The van der Waals surface area contributed by atoms with Crippen LogP contribution in [0.3, 0.4) is 0 Å². The van der Waals surface area contributed by atoms with Gasteiger partial charge in [-0.05, 0) is 6.42 Å². The van der Waals surface area contributed by atoms with Crippen molar-refractivity contribution in [2.75, 3.05) is 20.3 Å². The van der Waals surface area contributed by atoms with Crippen molar-refractivity contribution in [2.24, 2.45) is 5.73 Å². The molecular formula is C6H13NO. The summed E-state index contributed by atoms with van der Waals surface area (Å²) >= 11 is 0. The van der Waals surface area contributed by atoms with Gasteiger partial charge in [-0.1, -0.05) is 12.2 Å². The van der Waals surface area contributed by atoms with Crippen molar-refractivity contribution in [1.29, 1.82) is 0 Å². The molecule has 48 valence electrons. The zero-order chi connectivity index (χ0) is 6.24. The Bertz CT molecular complexity index is 61.5. The average molecular weight is 115 g/mol. The smallest absolute Gasteiger partial charge is 0.0496 e. The van der Waals surface area contributed by atoms with Crippen LogP contribution in [0, 0.1) is 0 Å². The second-order valence-corrected chi connectivity index (χ2v) is 1.49. The Morgan fingerprint density at radius 1 is 1.50 bits per heavy atom. The first kappa shape index (κ1) is 7.66. The molecule has 0 rings (SSSR count). The zero-order valence-corrected chi connectivity index (χ0v) is 5.26. The molecule has 2 N–H and O–H groups in total. The summed E-state index contributed by atoms with van der Waals surface area (Å²) in [7, 11) is 1.69. The maximum atomic E-state index is 5.18. The third-order valence-corrected chi connectivity index (χ3v) is 0.791. The van der Waals surface area contributed by atoms with Crippen LogP contribution in [0.2, 0.25) is 0 Å². The largest absolute Gasteiger partial charge is 0.384 e. The predicted octanol–water partition coefficient (Wildman–Crippen LogP) is 0.538. The number of ether oxygens (including phenoxy) is 1. The van der Waals surface area contributed by atoms with E-state index in [1.54, 1.807) is 7.11 Å². The lowest BCUT2D eigenvalue weighted by atomic mass is 10.4. The fraction of sp³-hybridized carbons (Fsp3) is 0.667. The molecule has 0 atom stereocenters. The van der Waals surface area contributed by atoms with Crippen LogP contribution in [-0.4, -0.2) is 20.3 Å². The van der Waals surface area contributed by atoms with E-state index in [0.29, 0.717) is 6.54 Å². The maximum absolute atomic E-state index is 5.18. The van der Waals surface area contributed by atoms with Crippen LogP contribution in [0.1, 0.15) is 6.42 Å². The molecular weight excluding hydrogens is 102 g/mol. The molecule has 0 saturated carbocycles. The maximum Gasteiger partial charge on any atom is 0.0496 e. The summed E-state index contributed by atoms with van der Waals surface area (Å²) in [5.41, 5.74) is 5.18. The van der Waals surface area contributed by atoms with E-state index in [1.165, 1.54) is 0 Å². The van der Waals surface area contributed by atoms with Crippen LogP contribution < -0.4 is 5.73 Å². The van der Waals surface area contributed by atoms with E-state index < -0.39 is 0 Å². The van der Waals surface area contributed by atoms with Gasteiger partial charge in [-0.2, -0.15) is 0 Å². The highest BCUT2D eigenvalue weighted by Crippen LogP contribution is 1.80.